The van der Waals surface area contributed by atoms with Crippen LogP contribution in [-0.2, 0) is 11.8 Å². The number of amides is 2. The zero-order valence-electron chi connectivity index (χ0n) is 13.0. The van der Waals surface area contributed by atoms with Crippen LogP contribution in [0.3, 0.4) is 0 Å². The lowest BCUT2D eigenvalue weighted by molar-refractivity contribution is -0.120. The lowest BCUT2D eigenvalue weighted by Gasteiger charge is -2.07. The van der Waals surface area contributed by atoms with Crippen molar-refractivity contribution in [2.45, 2.75) is 11.6 Å². The molecule has 0 saturated heterocycles. The minimum Gasteiger partial charge on any atom is -0.355 e. The van der Waals surface area contributed by atoms with Crippen LogP contribution in [0.2, 0.25) is 0 Å². The first-order chi connectivity index (χ1) is 11.6. The Kier molecular flexibility index (Phi) is 6.67. The molecule has 24 heavy (non-hydrogen) atoms. The van der Waals surface area contributed by atoms with E-state index in [2.05, 4.69) is 26.2 Å². The Bertz CT molecular complexity index is 708. The molecule has 0 spiro atoms. The van der Waals surface area contributed by atoms with Gasteiger partial charge in [0, 0.05) is 32.3 Å². The molecule has 0 aliphatic heterocycles. The van der Waals surface area contributed by atoms with Crippen LogP contribution in [0.15, 0.2) is 29.4 Å². The van der Waals surface area contributed by atoms with Crippen molar-refractivity contribution < 1.29 is 14.0 Å². The van der Waals surface area contributed by atoms with Gasteiger partial charge >= 0.3 is 0 Å². The molecule has 0 radical (unpaired) electrons. The normalized spacial score (nSPS) is 10.4. The van der Waals surface area contributed by atoms with Gasteiger partial charge in [-0.15, -0.1) is 5.10 Å². The van der Waals surface area contributed by atoms with E-state index in [1.54, 1.807) is 17.8 Å². The molecule has 2 amide bonds. The Balaban J connectivity index is 1.60. The van der Waals surface area contributed by atoms with E-state index in [1.165, 1.54) is 30.0 Å². The van der Waals surface area contributed by atoms with Crippen molar-refractivity contribution in [2.75, 3.05) is 18.8 Å². The van der Waals surface area contributed by atoms with Gasteiger partial charge in [0.25, 0.3) is 5.91 Å². The van der Waals surface area contributed by atoms with Crippen LogP contribution in [0.25, 0.3) is 0 Å². The summed E-state index contributed by atoms with van der Waals surface area (Å²) in [4.78, 5) is 23.4. The van der Waals surface area contributed by atoms with Gasteiger partial charge in [0.15, 0.2) is 0 Å². The van der Waals surface area contributed by atoms with Crippen LogP contribution in [0.4, 0.5) is 4.39 Å². The summed E-state index contributed by atoms with van der Waals surface area (Å²) in [7, 11) is 1.74. The molecule has 0 bridgehead atoms. The van der Waals surface area contributed by atoms with Gasteiger partial charge in [-0.25, -0.2) is 9.07 Å². The first kappa shape index (κ1) is 17.9. The van der Waals surface area contributed by atoms with E-state index in [-0.39, 0.29) is 24.4 Å². The van der Waals surface area contributed by atoms with Gasteiger partial charge in [-0.3, -0.25) is 9.59 Å². The molecule has 0 unspecified atom stereocenters. The van der Waals surface area contributed by atoms with E-state index in [1.807, 2.05) is 0 Å². The summed E-state index contributed by atoms with van der Waals surface area (Å²) in [5.41, 5.74) is -0.0356. The Labute approximate surface area is 142 Å². The van der Waals surface area contributed by atoms with Crippen LogP contribution in [0.1, 0.15) is 16.8 Å². The molecule has 0 atom stereocenters. The van der Waals surface area contributed by atoms with Crippen molar-refractivity contribution >= 4 is 23.6 Å². The summed E-state index contributed by atoms with van der Waals surface area (Å²) in [5, 5.41) is 16.9. The largest absolute Gasteiger partial charge is 0.355 e. The number of carbonyl (C=O) groups excluding carboxylic acids is 2. The molecule has 0 aliphatic carbocycles. The van der Waals surface area contributed by atoms with Crippen LogP contribution in [-0.4, -0.2) is 50.9 Å². The molecule has 2 rings (SSSR count). The van der Waals surface area contributed by atoms with Crippen LogP contribution >= 0.6 is 11.8 Å². The Morgan fingerprint density at radius 3 is 2.75 bits per heavy atom. The molecule has 0 saturated carbocycles. The minimum atomic E-state index is -0.588. The molecule has 1 aromatic heterocycles. The van der Waals surface area contributed by atoms with Crippen LogP contribution in [0, 0.1) is 5.82 Å². The van der Waals surface area contributed by atoms with Gasteiger partial charge in [0.2, 0.25) is 11.1 Å². The summed E-state index contributed by atoms with van der Waals surface area (Å²) in [6.07, 6.45) is 0.121. The summed E-state index contributed by atoms with van der Waals surface area (Å²) in [6.45, 7) is 0.594. The predicted octanol–water partition coefficient (Wildman–Crippen LogP) is 0.378. The third kappa shape index (κ3) is 5.30. The van der Waals surface area contributed by atoms with E-state index >= 15 is 0 Å². The van der Waals surface area contributed by atoms with Gasteiger partial charge in [0.1, 0.15) is 5.82 Å². The summed E-state index contributed by atoms with van der Waals surface area (Å²) in [6, 6.07) is 5.69. The number of thioether (sulfide) groups is 1. The predicted molar refractivity (Wildman–Crippen MR) is 85.9 cm³/mol. The molecule has 10 heteroatoms. The first-order valence-electron chi connectivity index (χ1n) is 7.22. The van der Waals surface area contributed by atoms with Crippen molar-refractivity contribution in [3.05, 3.63) is 35.6 Å². The van der Waals surface area contributed by atoms with Crippen LogP contribution < -0.4 is 10.6 Å². The zero-order valence-corrected chi connectivity index (χ0v) is 13.8. The number of tetrazole rings is 1. The second-order valence-electron chi connectivity index (χ2n) is 4.77. The fraction of sp³-hybridized carbons (Fsp3) is 0.357. The molecular weight excluding hydrogens is 335 g/mol. The highest BCUT2D eigenvalue weighted by atomic mass is 32.2. The van der Waals surface area contributed by atoms with Crippen molar-refractivity contribution in [3.63, 3.8) is 0 Å². The third-order valence-corrected chi connectivity index (χ3v) is 4.01. The number of hydrogen-bond acceptors (Lipinski definition) is 6. The SMILES string of the molecule is Cn1nnnc1SCCNC(=O)CCNC(=O)c1ccccc1F. The van der Waals surface area contributed by atoms with Gasteiger partial charge in [-0.05, 0) is 22.6 Å². The number of halogens is 1. The molecule has 128 valence electrons. The number of nitrogens with one attached hydrogen (secondary N) is 2. The smallest absolute Gasteiger partial charge is 0.254 e. The standard InChI is InChI=1S/C14H17FN6O2S/c1-21-14(18-19-20-21)24-9-8-16-12(22)6-7-17-13(23)10-4-2-3-5-11(10)15/h2-5H,6-9H2,1H3,(H,16,22)(H,17,23). The van der Waals surface area contributed by atoms with Crippen molar-refractivity contribution in [3.8, 4) is 0 Å². The van der Waals surface area contributed by atoms with Gasteiger partial charge in [0.05, 0.1) is 5.56 Å². The molecule has 8 nitrogen and oxygen atoms in total. The number of hydrogen-bond donors (Lipinski definition) is 2. The van der Waals surface area contributed by atoms with E-state index in [4.69, 9.17) is 0 Å². The fourth-order valence-corrected chi connectivity index (χ4v) is 2.50. The molecule has 0 fully saturated rings. The Morgan fingerprint density at radius 1 is 1.25 bits per heavy atom. The highest BCUT2D eigenvalue weighted by molar-refractivity contribution is 7.99. The maximum absolute atomic E-state index is 13.4. The second kappa shape index (κ2) is 8.96. The fourth-order valence-electron chi connectivity index (χ4n) is 1.79. The Hall–Kier alpha value is -2.49. The molecule has 1 aromatic carbocycles. The molecule has 2 aromatic rings. The van der Waals surface area contributed by atoms with E-state index in [0.29, 0.717) is 17.5 Å². The monoisotopic (exact) mass is 352 g/mol. The highest BCUT2D eigenvalue weighted by Gasteiger charge is 2.10. The average molecular weight is 352 g/mol. The highest BCUT2D eigenvalue weighted by Crippen LogP contribution is 2.10. The third-order valence-electron chi connectivity index (χ3n) is 2.99. The van der Waals surface area contributed by atoms with Crippen molar-refractivity contribution in [1.29, 1.82) is 0 Å². The van der Waals surface area contributed by atoms with E-state index < -0.39 is 11.7 Å². The van der Waals surface area contributed by atoms with Gasteiger partial charge < -0.3 is 10.6 Å². The molecule has 0 aliphatic rings. The maximum Gasteiger partial charge on any atom is 0.254 e. The van der Waals surface area contributed by atoms with Crippen molar-refractivity contribution in [2.24, 2.45) is 7.05 Å². The van der Waals surface area contributed by atoms with Gasteiger partial charge in [-0.1, -0.05) is 23.9 Å². The number of rotatable bonds is 8. The molecule has 2 N–H and O–H groups in total. The summed E-state index contributed by atoms with van der Waals surface area (Å²) < 4.78 is 15.0. The second-order valence-corrected chi connectivity index (χ2v) is 5.83. The lowest BCUT2D eigenvalue weighted by atomic mass is 10.2. The minimum absolute atomic E-state index is 0.0356. The van der Waals surface area contributed by atoms with Crippen LogP contribution in [0.5, 0.6) is 0 Å². The number of carbonyl (C=O) groups is 2. The number of aryl methyl sites for hydroxylation is 1. The number of benzene rings is 1. The summed E-state index contributed by atoms with van der Waals surface area (Å²) in [5.74, 6) is -0.692. The zero-order chi connectivity index (χ0) is 17.4. The van der Waals surface area contributed by atoms with Gasteiger partial charge in [-0.2, -0.15) is 0 Å². The quantitative estimate of drug-likeness (QED) is 0.526. The first-order valence-corrected chi connectivity index (χ1v) is 8.21. The lowest BCUT2D eigenvalue weighted by Crippen LogP contribution is -2.32. The van der Waals surface area contributed by atoms with E-state index in [9.17, 15) is 14.0 Å². The molecule has 1 heterocycles. The average Bonchev–Trinajstić information content (AvgIpc) is 2.97. The number of nitrogens with zero attached hydrogens (tertiary/aromatic N) is 4. The summed E-state index contributed by atoms with van der Waals surface area (Å²) >= 11 is 1.42. The molecular formula is C14H17FN6O2S. The van der Waals surface area contributed by atoms with Crippen molar-refractivity contribution in [1.82, 2.24) is 30.8 Å². The number of aromatic nitrogens is 4. The Morgan fingerprint density at radius 2 is 2.04 bits per heavy atom. The topological polar surface area (TPSA) is 102 Å². The van der Waals surface area contributed by atoms with E-state index in [0.717, 1.165) is 0 Å². The maximum atomic E-state index is 13.4.